The molecule has 1 aliphatic carbocycles. The van der Waals surface area contributed by atoms with Crippen molar-refractivity contribution in [3.63, 3.8) is 0 Å². The average molecular weight is 158 g/mol. The van der Waals surface area contributed by atoms with Crippen LogP contribution in [0.5, 0.6) is 0 Å². The normalized spacial score (nSPS) is 20.2. The van der Waals surface area contributed by atoms with E-state index < -0.39 is 0 Å². The summed E-state index contributed by atoms with van der Waals surface area (Å²) in [6.07, 6.45) is 4.47. The number of ether oxygens (including phenoxy) is 1. The summed E-state index contributed by atoms with van der Waals surface area (Å²) < 4.78 is 5.29. The number of hydrogen-bond acceptors (Lipinski definition) is 2. The summed E-state index contributed by atoms with van der Waals surface area (Å²) in [4.78, 5) is 0. The number of unbranched alkanes of at least 4 members (excludes halogenated alkanes) is 1. The summed E-state index contributed by atoms with van der Waals surface area (Å²) in [5, 5.41) is 9.36. The molecule has 1 rings (SSSR count). The molecule has 2 nitrogen and oxygen atoms in total. The van der Waals surface area contributed by atoms with Gasteiger partial charge in [-0.15, -0.1) is 0 Å². The van der Waals surface area contributed by atoms with Gasteiger partial charge in [-0.05, 0) is 25.2 Å². The topological polar surface area (TPSA) is 29.5 Å². The molecule has 0 aromatic rings. The van der Waals surface area contributed by atoms with E-state index >= 15 is 0 Å². The van der Waals surface area contributed by atoms with Crippen LogP contribution in [0.3, 0.4) is 0 Å². The van der Waals surface area contributed by atoms with Gasteiger partial charge in [-0.1, -0.05) is 13.3 Å². The minimum atomic E-state index is -0.188. The third kappa shape index (κ3) is 3.73. The van der Waals surface area contributed by atoms with Crippen molar-refractivity contribution < 1.29 is 9.84 Å². The lowest BCUT2D eigenvalue weighted by molar-refractivity contribution is 0.0245. The molecule has 0 radical (unpaired) electrons. The van der Waals surface area contributed by atoms with Crippen LogP contribution in [0.15, 0.2) is 0 Å². The summed E-state index contributed by atoms with van der Waals surface area (Å²) in [5.41, 5.74) is 0. The Hall–Kier alpha value is -0.0800. The van der Waals surface area contributed by atoms with E-state index in [1.54, 1.807) is 0 Å². The van der Waals surface area contributed by atoms with Crippen molar-refractivity contribution in [3.8, 4) is 0 Å². The molecule has 0 aliphatic heterocycles. The Bertz CT molecular complexity index is 99.7. The highest BCUT2D eigenvalue weighted by molar-refractivity contribution is 4.80. The van der Waals surface area contributed by atoms with Crippen molar-refractivity contribution in [2.24, 2.45) is 5.92 Å². The van der Waals surface area contributed by atoms with Crippen molar-refractivity contribution in [3.05, 3.63) is 0 Å². The zero-order valence-electron chi connectivity index (χ0n) is 7.25. The van der Waals surface area contributed by atoms with E-state index in [2.05, 4.69) is 6.92 Å². The molecule has 1 unspecified atom stereocenters. The van der Waals surface area contributed by atoms with Gasteiger partial charge in [-0.25, -0.2) is 0 Å². The van der Waals surface area contributed by atoms with Crippen molar-refractivity contribution in [1.29, 1.82) is 0 Å². The summed E-state index contributed by atoms with van der Waals surface area (Å²) in [6, 6.07) is 0. The van der Waals surface area contributed by atoms with Crippen LogP contribution in [0, 0.1) is 5.92 Å². The summed E-state index contributed by atoms with van der Waals surface area (Å²) in [5.74, 6) is 0.552. The lowest BCUT2D eigenvalue weighted by atomic mass is 10.2. The molecule has 1 atom stereocenters. The quantitative estimate of drug-likeness (QED) is 0.595. The second-order valence-corrected chi connectivity index (χ2v) is 3.33. The molecule has 0 aromatic carbocycles. The van der Waals surface area contributed by atoms with Gasteiger partial charge in [0, 0.05) is 6.61 Å². The first-order valence-electron chi connectivity index (χ1n) is 4.60. The minimum Gasteiger partial charge on any atom is -0.390 e. The number of rotatable bonds is 6. The molecular formula is C9H18O2. The standard InChI is InChI=1S/C9H18O2/c1-2-3-6-11-7-9(10)8-4-5-8/h8-10H,2-7H2,1H3. The zero-order valence-corrected chi connectivity index (χ0v) is 7.25. The molecule has 0 bridgehead atoms. The molecule has 1 saturated carbocycles. The second-order valence-electron chi connectivity index (χ2n) is 3.33. The fraction of sp³-hybridized carbons (Fsp3) is 1.00. The molecular weight excluding hydrogens is 140 g/mol. The van der Waals surface area contributed by atoms with Gasteiger partial charge in [0.2, 0.25) is 0 Å². The van der Waals surface area contributed by atoms with E-state index in [1.165, 1.54) is 19.3 Å². The first-order valence-corrected chi connectivity index (χ1v) is 4.60. The molecule has 0 saturated heterocycles. The van der Waals surface area contributed by atoms with Gasteiger partial charge in [0.05, 0.1) is 12.7 Å². The van der Waals surface area contributed by atoms with Gasteiger partial charge < -0.3 is 9.84 Å². The molecule has 0 heterocycles. The monoisotopic (exact) mass is 158 g/mol. The Kier molecular flexibility index (Phi) is 3.87. The van der Waals surface area contributed by atoms with E-state index in [4.69, 9.17) is 4.74 Å². The Morgan fingerprint density at radius 1 is 1.55 bits per heavy atom. The molecule has 1 aliphatic rings. The predicted molar refractivity (Wildman–Crippen MR) is 44.5 cm³/mol. The van der Waals surface area contributed by atoms with Gasteiger partial charge in [-0.3, -0.25) is 0 Å². The lowest BCUT2D eigenvalue weighted by Gasteiger charge is -2.08. The van der Waals surface area contributed by atoms with Crippen molar-refractivity contribution in [2.45, 2.75) is 38.7 Å². The van der Waals surface area contributed by atoms with Crippen molar-refractivity contribution in [1.82, 2.24) is 0 Å². The Morgan fingerprint density at radius 2 is 2.27 bits per heavy atom. The van der Waals surface area contributed by atoms with E-state index in [0.717, 1.165) is 13.0 Å². The lowest BCUT2D eigenvalue weighted by Crippen LogP contribution is -2.17. The molecule has 1 N–H and O–H groups in total. The highest BCUT2D eigenvalue weighted by Gasteiger charge is 2.29. The molecule has 0 amide bonds. The van der Waals surface area contributed by atoms with Crippen LogP contribution in [0.25, 0.3) is 0 Å². The Balaban J connectivity index is 1.85. The molecule has 1 fully saturated rings. The SMILES string of the molecule is CCCCOCC(O)C1CC1. The van der Waals surface area contributed by atoms with Crippen LogP contribution >= 0.6 is 0 Å². The highest BCUT2D eigenvalue weighted by Crippen LogP contribution is 2.32. The molecule has 0 aromatic heterocycles. The fourth-order valence-corrected chi connectivity index (χ4v) is 1.07. The molecule has 2 heteroatoms. The van der Waals surface area contributed by atoms with Crippen LogP contribution < -0.4 is 0 Å². The Morgan fingerprint density at radius 3 is 2.82 bits per heavy atom. The zero-order chi connectivity index (χ0) is 8.10. The summed E-state index contributed by atoms with van der Waals surface area (Å²) in [6.45, 7) is 3.49. The maximum atomic E-state index is 9.36. The van der Waals surface area contributed by atoms with Gasteiger partial charge >= 0.3 is 0 Å². The van der Waals surface area contributed by atoms with E-state index in [0.29, 0.717) is 12.5 Å². The maximum Gasteiger partial charge on any atom is 0.0801 e. The van der Waals surface area contributed by atoms with Gasteiger partial charge in [-0.2, -0.15) is 0 Å². The number of aliphatic hydroxyl groups is 1. The molecule has 0 spiro atoms. The van der Waals surface area contributed by atoms with Crippen molar-refractivity contribution in [2.75, 3.05) is 13.2 Å². The minimum absolute atomic E-state index is 0.188. The summed E-state index contributed by atoms with van der Waals surface area (Å²) in [7, 11) is 0. The summed E-state index contributed by atoms with van der Waals surface area (Å²) >= 11 is 0. The third-order valence-electron chi connectivity index (χ3n) is 2.10. The van der Waals surface area contributed by atoms with Crippen LogP contribution in [-0.2, 0) is 4.74 Å². The first-order chi connectivity index (χ1) is 5.34. The number of aliphatic hydroxyl groups excluding tert-OH is 1. The third-order valence-corrected chi connectivity index (χ3v) is 2.10. The smallest absolute Gasteiger partial charge is 0.0801 e. The van der Waals surface area contributed by atoms with Gasteiger partial charge in [0.25, 0.3) is 0 Å². The average Bonchev–Trinajstić information content (AvgIpc) is 2.79. The predicted octanol–water partition coefficient (Wildman–Crippen LogP) is 1.57. The highest BCUT2D eigenvalue weighted by atomic mass is 16.5. The van der Waals surface area contributed by atoms with E-state index in [1.807, 2.05) is 0 Å². The largest absolute Gasteiger partial charge is 0.390 e. The number of hydrogen-bond donors (Lipinski definition) is 1. The van der Waals surface area contributed by atoms with Crippen LogP contribution in [0.2, 0.25) is 0 Å². The first kappa shape index (κ1) is 9.01. The Labute approximate surface area is 68.6 Å². The maximum absolute atomic E-state index is 9.36. The molecule has 11 heavy (non-hydrogen) atoms. The van der Waals surface area contributed by atoms with Gasteiger partial charge in [0.15, 0.2) is 0 Å². The van der Waals surface area contributed by atoms with E-state index in [-0.39, 0.29) is 6.10 Å². The van der Waals surface area contributed by atoms with Crippen LogP contribution in [-0.4, -0.2) is 24.4 Å². The van der Waals surface area contributed by atoms with Crippen molar-refractivity contribution >= 4 is 0 Å². The van der Waals surface area contributed by atoms with Crippen LogP contribution in [0.4, 0.5) is 0 Å². The van der Waals surface area contributed by atoms with E-state index in [9.17, 15) is 5.11 Å². The van der Waals surface area contributed by atoms with Crippen LogP contribution in [0.1, 0.15) is 32.6 Å². The second kappa shape index (κ2) is 4.73. The van der Waals surface area contributed by atoms with Gasteiger partial charge in [0.1, 0.15) is 0 Å². The fourth-order valence-electron chi connectivity index (χ4n) is 1.07. The molecule has 66 valence electrons.